The number of hydrogen-bond acceptors (Lipinski definition) is 3. The lowest BCUT2D eigenvalue weighted by molar-refractivity contribution is -0.172. The van der Waals surface area contributed by atoms with E-state index in [-0.39, 0.29) is 17.3 Å². The molecule has 200 valence electrons. The summed E-state index contributed by atoms with van der Waals surface area (Å²) in [5.41, 5.74) is -1.72. The highest BCUT2D eigenvalue weighted by molar-refractivity contribution is 6.15. The van der Waals surface area contributed by atoms with Crippen molar-refractivity contribution < 1.29 is 28.5 Å². The molecular formula is C28H46BF3O3. The molecule has 3 fully saturated rings. The maximum absolute atomic E-state index is 13.0. The Hall–Kier alpha value is -0.525. The van der Waals surface area contributed by atoms with E-state index in [9.17, 15) is 23.4 Å². The van der Waals surface area contributed by atoms with Crippen LogP contribution in [0.15, 0.2) is 11.6 Å². The van der Waals surface area contributed by atoms with Crippen LogP contribution in [0.4, 0.5) is 13.2 Å². The van der Waals surface area contributed by atoms with Crippen molar-refractivity contribution in [1.82, 2.24) is 0 Å². The van der Waals surface area contributed by atoms with Crippen LogP contribution in [-0.2, 0) is 0 Å². The Labute approximate surface area is 211 Å². The lowest BCUT2D eigenvalue weighted by atomic mass is 9.42. The second kappa shape index (κ2) is 9.65. The van der Waals surface area contributed by atoms with Crippen molar-refractivity contribution in [1.29, 1.82) is 0 Å². The van der Waals surface area contributed by atoms with Gasteiger partial charge in [-0.2, -0.15) is 13.2 Å². The number of alkyl halides is 3. The summed E-state index contributed by atoms with van der Waals surface area (Å²) in [5.74, 6) is 1.04. The molecule has 0 saturated heterocycles. The molecule has 0 amide bonds. The number of fused-ring (bicyclic) bond motifs is 5. The summed E-state index contributed by atoms with van der Waals surface area (Å²) >= 11 is 0. The third kappa shape index (κ3) is 4.88. The minimum atomic E-state index is -4.10. The Morgan fingerprint density at radius 1 is 1.03 bits per heavy atom. The van der Waals surface area contributed by atoms with E-state index >= 15 is 0 Å². The van der Waals surface area contributed by atoms with Crippen LogP contribution in [0.2, 0.25) is 0 Å². The van der Waals surface area contributed by atoms with Crippen molar-refractivity contribution in [2.45, 2.75) is 110 Å². The molecule has 0 bridgehead atoms. The molecule has 4 aliphatic carbocycles. The van der Waals surface area contributed by atoms with Crippen LogP contribution in [0.3, 0.4) is 0 Å². The van der Waals surface area contributed by atoms with Crippen LogP contribution < -0.4 is 0 Å². The summed E-state index contributed by atoms with van der Waals surface area (Å²) in [6.07, 6.45) is 5.26. The van der Waals surface area contributed by atoms with E-state index in [0.717, 1.165) is 39.2 Å². The van der Waals surface area contributed by atoms with Crippen molar-refractivity contribution in [2.24, 2.45) is 46.3 Å². The van der Waals surface area contributed by atoms with E-state index < -0.39 is 23.2 Å². The van der Waals surface area contributed by atoms with Gasteiger partial charge in [0.2, 0.25) is 0 Å². The molecule has 0 aromatic carbocycles. The van der Waals surface area contributed by atoms with Crippen LogP contribution in [-0.4, -0.2) is 47.6 Å². The van der Waals surface area contributed by atoms with Crippen molar-refractivity contribution >= 4 is 7.85 Å². The summed E-state index contributed by atoms with van der Waals surface area (Å²) in [4.78, 5) is 0. The fourth-order valence-electron chi connectivity index (χ4n) is 8.80. The number of halogens is 3. The van der Waals surface area contributed by atoms with Gasteiger partial charge in [0.25, 0.3) is 0 Å². The third-order valence-corrected chi connectivity index (χ3v) is 11.1. The van der Waals surface area contributed by atoms with Gasteiger partial charge in [-0.15, -0.1) is 0 Å². The molecular weight excluding hydrogens is 452 g/mol. The molecule has 35 heavy (non-hydrogen) atoms. The van der Waals surface area contributed by atoms with Crippen LogP contribution in [0.25, 0.3) is 0 Å². The first kappa shape index (κ1) is 29.0. The van der Waals surface area contributed by atoms with Gasteiger partial charge in [0.1, 0.15) is 7.85 Å². The molecule has 8 unspecified atom stereocenters. The Kier molecular flexibility index (Phi) is 8.01. The van der Waals surface area contributed by atoms with E-state index in [4.69, 9.17) is 13.0 Å². The highest BCUT2D eigenvalue weighted by atomic mass is 19.4. The van der Waals surface area contributed by atoms with Crippen LogP contribution >= 0.6 is 0 Å². The lowest BCUT2D eigenvalue weighted by Gasteiger charge is -2.62. The van der Waals surface area contributed by atoms with Gasteiger partial charge in [-0.3, -0.25) is 0 Å². The molecule has 10 atom stereocenters. The topological polar surface area (TPSA) is 60.7 Å². The van der Waals surface area contributed by atoms with Gasteiger partial charge in [-0.05, 0) is 105 Å². The minimum Gasteiger partial charge on any atom is -0.400 e. The van der Waals surface area contributed by atoms with E-state index in [2.05, 4.69) is 26.8 Å². The molecule has 0 heterocycles. The van der Waals surface area contributed by atoms with Crippen molar-refractivity contribution in [3.8, 4) is 0 Å². The molecule has 0 spiro atoms. The third-order valence-electron chi connectivity index (χ3n) is 11.1. The second-order valence-corrected chi connectivity index (χ2v) is 13.0. The maximum Gasteiger partial charge on any atom is 0.391 e. The van der Waals surface area contributed by atoms with Crippen LogP contribution in [0.5, 0.6) is 0 Å². The highest BCUT2D eigenvalue weighted by Gasteiger charge is 2.62. The van der Waals surface area contributed by atoms with E-state index in [0.29, 0.717) is 48.9 Å². The predicted molar refractivity (Wildman–Crippen MR) is 134 cm³/mol. The maximum atomic E-state index is 13.0. The zero-order chi connectivity index (χ0) is 26.6. The summed E-state index contributed by atoms with van der Waals surface area (Å²) in [6.45, 7) is 9.76. The Balaban J connectivity index is 0.00000167. The van der Waals surface area contributed by atoms with Gasteiger partial charge >= 0.3 is 6.18 Å². The Morgan fingerprint density at radius 2 is 1.66 bits per heavy atom. The molecule has 7 heteroatoms. The van der Waals surface area contributed by atoms with Gasteiger partial charge < -0.3 is 15.3 Å². The molecule has 0 aromatic heterocycles. The molecule has 4 rings (SSSR count). The first-order chi connectivity index (χ1) is 16.0. The Morgan fingerprint density at radius 3 is 2.26 bits per heavy atom. The first-order valence-corrected chi connectivity index (χ1v) is 13.5. The predicted octanol–water partition coefficient (Wildman–Crippen LogP) is 6.01. The number of aliphatic hydroxyl groups excluding tert-OH is 1. The zero-order valence-electron chi connectivity index (χ0n) is 22.5. The molecule has 0 aliphatic heterocycles. The Bertz CT molecular complexity index is 795. The zero-order valence-corrected chi connectivity index (χ0v) is 22.5. The monoisotopic (exact) mass is 498 g/mol. The highest BCUT2D eigenvalue weighted by Crippen LogP contribution is 2.68. The summed E-state index contributed by atoms with van der Waals surface area (Å²) in [6, 6.07) is 0. The van der Waals surface area contributed by atoms with Crippen LogP contribution in [0.1, 0.15) is 92.4 Å². The largest absolute Gasteiger partial charge is 0.400 e. The summed E-state index contributed by atoms with van der Waals surface area (Å²) in [5, 5.41) is 28.7. The van der Waals surface area contributed by atoms with Gasteiger partial charge in [0.15, 0.2) is 0 Å². The van der Waals surface area contributed by atoms with Crippen molar-refractivity contribution in [3.63, 3.8) is 0 Å². The molecule has 0 aromatic rings. The van der Waals surface area contributed by atoms with Crippen LogP contribution in [0, 0.1) is 46.3 Å². The SMILES string of the molecule is CO.[B]C1(O)CC2(C)C(=CCC3C2CCC2(C)C3CCC2[C@H](C)CCC(C)C(F)(F)F)C[C@@]1(C)O. The van der Waals surface area contributed by atoms with Gasteiger partial charge in [-0.25, -0.2) is 0 Å². The fraction of sp³-hybridized carbons (Fsp3) is 0.929. The average Bonchev–Trinajstić information content (AvgIpc) is 3.10. The van der Waals surface area contributed by atoms with Gasteiger partial charge in [-0.1, -0.05) is 39.3 Å². The number of aliphatic hydroxyl groups is 3. The van der Waals surface area contributed by atoms with Gasteiger partial charge in [0, 0.05) is 7.11 Å². The molecule has 3 nitrogen and oxygen atoms in total. The molecule has 3 saturated carbocycles. The van der Waals surface area contributed by atoms with Gasteiger partial charge in [0.05, 0.1) is 17.0 Å². The smallest absolute Gasteiger partial charge is 0.391 e. The summed E-state index contributed by atoms with van der Waals surface area (Å²) in [7, 11) is 7.25. The second-order valence-electron chi connectivity index (χ2n) is 13.0. The van der Waals surface area contributed by atoms with Crippen molar-refractivity contribution in [3.05, 3.63) is 11.6 Å². The first-order valence-electron chi connectivity index (χ1n) is 13.5. The number of allylic oxidation sites excluding steroid dienone is 1. The quantitative estimate of drug-likeness (QED) is 0.329. The van der Waals surface area contributed by atoms with E-state index in [1.54, 1.807) is 6.92 Å². The lowest BCUT2D eigenvalue weighted by Crippen LogP contribution is -2.63. The number of rotatable bonds is 4. The normalized spacial score (nSPS) is 46.8. The number of hydrogen-bond donors (Lipinski definition) is 3. The van der Waals surface area contributed by atoms with E-state index in [1.165, 1.54) is 12.5 Å². The van der Waals surface area contributed by atoms with E-state index in [1.807, 2.05) is 0 Å². The minimum absolute atomic E-state index is 0.170. The molecule has 2 radical (unpaired) electrons. The fourth-order valence-corrected chi connectivity index (χ4v) is 8.80. The average molecular weight is 498 g/mol. The molecule has 3 N–H and O–H groups in total. The molecule has 4 aliphatic rings. The standard InChI is InChI=1S/C27H42BF3O2.CH4O/c1-16(6-7-17(2)27(29,30)31)20-10-11-21-19-9-8-18-14-25(5,32)26(28,33)15-24(18,4)22(19)12-13-23(20,21)3;1-2/h8,16-17,19-22,32-33H,6-7,9-15H2,1-5H3;2H,1H3/t16-,17?,19?,20?,21?,22?,23?,24?,25-,26?;/m1./s1. The van der Waals surface area contributed by atoms with Crippen molar-refractivity contribution in [2.75, 3.05) is 7.11 Å². The summed E-state index contributed by atoms with van der Waals surface area (Å²) < 4.78 is 39.1.